The quantitative estimate of drug-likeness (QED) is 0.733. The zero-order valence-electron chi connectivity index (χ0n) is 16.9. The summed E-state index contributed by atoms with van der Waals surface area (Å²) in [5, 5.41) is 4.41. The number of rotatable bonds is 5. The Morgan fingerprint density at radius 1 is 1.07 bits per heavy atom. The summed E-state index contributed by atoms with van der Waals surface area (Å²) in [6, 6.07) is 11.4. The molecule has 154 valence electrons. The Morgan fingerprint density at radius 3 is 2.72 bits per heavy atom. The van der Waals surface area contributed by atoms with Gasteiger partial charge in [-0.2, -0.15) is 0 Å². The van der Waals surface area contributed by atoms with Crippen molar-refractivity contribution in [1.82, 2.24) is 19.8 Å². The van der Waals surface area contributed by atoms with Gasteiger partial charge in [-0.25, -0.2) is 0 Å². The first-order chi connectivity index (χ1) is 14.3. The second-order valence-corrected chi connectivity index (χ2v) is 8.93. The molecule has 0 spiro atoms. The molecular formula is C23H30N4OS. The molecule has 0 bridgehead atoms. The van der Waals surface area contributed by atoms with Gasteiger partial charge in [0.1, 0.15) is 0 Å². The lowest BCUT2D eigenvalue weighted by atomic mass is 9.94. The Labute approximate surface area is 178 Å². The Hall–Kier alpha value is -1.92. The van der Waals surface area contributed by atoms with Gasteiger partial charge in [0.05, 0.1) is 23.9 Å². The topological polar surface area (TPSA) is 42.3 Å². The average molecular weight is 411 g/mol. The van der Waals surface area contributed by atoms with Crippen LogP contribution in [0.25, 0.3) is 0 Å². The molecule has 3 fully saturated rings. The summed E-state index contributed by atoms with van der Waals surface area (Å²) in [5.74, 6) is 0. The first kappa shape index (κ1) is 19.1. The zero-order valence-corrected chi connectivity index (χ0v) is 17.7. The summed E-state index contributed by atoms with van der Waals surface area (Å²) in [6.45, 7) is 1.71. The molecule has 0 amide bonds. The highest BCUT2D eigenvalue weighted by atomic mass is 32.1. The van der Waals surface area contributed by atoms with E-state index in [1.807, 2.05) is 12.3 Å². The minimum absolute atomic E-state index is 0.0577. The molecule has 0 unspecified atom stereocenters. The third kappa shape index (κ3) is 3.80. The fraction of sp³-hybridized carbons (Fsp3) is 0.565. The summed E-state index contributed by atoms with van der Waals surface area (Å²) in [5.41, 5.74) is 2.39. The van der Waals surface area contributed by atoms with Gasteiger partial charge in [0.25, 0.3) is 0 Å². The molecule has 1 N–H and O–H groups in total. The van der Waals surface area contributed by atoms with Gasteiger partial charge in [-0.15, -0.1) is 0 Å². The van der Waals surface area contributed by atoms with E-state index in [-0.39, 0.29) is 18.2 Å². The third-order valence-corrected chi connectivity index (χ3v) is 7.06. The zero-order chi connectivity index (χ0) is 19.6. The van der Waals surface area contributed by atoms with Crippen molar-refractivity contribution in [1.29, 1.82) is 0 Å². The van der Waals surface area contributed by atoms with Gasteiger partial charge in [0, 0.05) is 37.3 Å². The van der Waals surface area contributed by atoms with Crippen LogP contribution < -0.4 is 5.32 Å². The molecule has 2 saturated heterocycles. The number of pyridine rings is 1. The fourth-order valence-corrected chi connectivity index (χ4v) is 5.60. The molecule has 3 atom stereocenters. The van der Waals surface area contributed by atoms with Gasteiger partial charge < -0.3 is 19.5 Å². The van der Waals surface area contributed by atoms with Gasteiger partial charge in [-0.1, -0.05) is 25.3 Å². The van der Waals surface area contributed by atoms with E-state index in [0.717, 1.165) is 36.8 Å². The summed E-state index contributed by atoms with van der Waals surface area (Å²) in [6.07, 6.45) is 13.2. The van der Waals surface area contributed by atoms with Gasteiger partial charge in [-0.3, -0.25) is 4.98 Å². The molecule has 5 rings (SSSR count). The Kier molecular flexibility index (Phi) is 5.55. The SMILES string of the molecule is S=C1N[C@@H](c2ccccn2)[C@@H](c2cccn2C2CCCCC2)N1C[C@@H]1CCCO1. The molecule has 1 saturated carbocycles. The summed E-state index contributed by atoms with van der Waals surface area (Å²) < 4.78 is 8.49. The molecule has 6 heteroatoms. The first-order valence-corrected chi connectivity index (χ1v) is 11.5. The van der Waals surface area contributed by atoms with Crippen LogP contribution in [0.4, 0.5) is 0 Å². The van der Waals surface area contributed by atoms with Crippen LogP contribution in [0.3, 0.4) is 0 Å². The number of ether oxygens (including phenoxy) is 1. The van der Waals surface area contributed by atoms with E-state index in [2.05, 4.69) is 50.2 Å². The lowest BCUT2D eigenvalue weighted by molar-refractivity contribution is 0.0831. The second-order valence-electron chi connectivity index (χ2n) is 8.55. The number of nitrogens with zero attached hydrogens (tertiary/aromatic N) is 3. The van der Waals surface area contributed by atoms with Crippen LogP contribution >= 0.6 is 12.2 Å². The highest BCUT2D eigenvalue weighted by molar-refractivity contribution is 7.80. The molecular weight excluding hydrogens is 380 g/mol. The molecule has 29 heavy (non-hydrogen) atoms. The van der Waals surface area contributed by atoms with Crippen molar-refractivity contribution in [3.8, 4) is 0 Å². The lowest BCUT2D eigenvalue weighted by Gasteiger charge is -2.33. The van der Waals surface area contributed by atoms with E-state index in [0.29, 0.717) is 6.04 Å². The maximum atomic E-state index is 5.96. The molecule has 0 radical (unpaired) electrons. The predicted octanol–water partition coefficient (Wildman–Crippen LogP) is 4.54. The van der Waals surface area contributed by atoms with E-state index < -0.39 is 0 Å². The minimum Gasteiger partial charge on any atom is -0.376 e. The van der Waals surface area contributed by atoms with Crippen molar-refractivity contribution in [2.45, 2.75) is 69.2 Å². The molecule has 3 aliphatic rings. The largest absolute Gasteiger partial charge is 0.376 e. The van der Waals surface area contributed by atoms with E-state index in [1.165, 1.54) is 37.8 Å². The molecule has 2 aromatic heterocycles. The summed E-state index contributed by atoms with van der Waals surface area (Å²) >= 11 is 5.83. The van der Waals surface area contributed by atoms with Crippen LogP contribution in [0.1, 0.15) is 74.5 Å². The Bertz CT molecular complexity index is 826. The first-order valence-electron chi connectivity index (χ1n) is 11.1. The van der Waals surface area contributed by atoms with Crippen molar-refractivity contribution in [3.63, 3.8) is 0 Å². The van der Waals surface area contributed by atoms with Crippen LogP contribution in [0.2, 0.25) is 0 Å². The van der Waals surface area contributed by atoms with Crippen LogP contribution in [0.5, 0.6) is 0 Å². The monoisotopic (exact) mass is 410 g/mol. The second kappa shape index (κ2) is 8.44. The molecule has 4 heterocycles. The van der Waals surface area contributed by atoms with E-state index in [4.69, 9.17) is 17.0 Å². The van der Waals surface area contributed by atoms with Gasteiger partial charge in [0.2, 0.25) is 0 Å². The van der Waals surface area contributed by atoms with E-state index in [1.54, 1.807) is 0 Å². The lowest BCUT2D eigenvalue weighted by Crippen LogP contribution is -2.37. The maximum Gasteiger partial charge on any atom is 0.170 e. The van der Waals surface area contributed by atoms with Crippen molar-refractivity contribution >= 4 is 17.3 Å². The number of aromatic nitrogens is 2. The highest BCUT2D eigenvalue weighted by Crippen LogP contribution is 2.41. The van der Waals surface area contributed by atoms with E-state index in [9.17, 15) is 0 Å². The van der Waals surface area contributed by atoms with Crippen molar-refractivity contribution in [2.75, 3.05) is 13.2 Å². The van der Waals surface area contributed by atoms with Crippen molar-refractivity contribution in [3.05, 3.63) is 54.1 Å². The average Bonchev–Trinajstić information content (AvgIpc) is 3.51. The van der Waals surface area contributed by atoms with Crippen LogP contribution in [-0.4, -0.2) is 38.8 Å². The molecule has 2 aromatic rings. The Balaban J connectivity index is 1.51. The number of nitrogens with one attached hydrogen (secondary N) is 1. The van der Waals surface area contributed by atoms with Crippen LogP contribution in [0, 0.1) is 0 Å². The summed E-state index contributed by atoms with van der Waals surface area (Å²) in [7, 11) is 0. The summed E-state index contributed by atoms with van der Waals surface area (Å²) in [4.78, 5) is 7.03. The van der Waals surface area contributed by atoms with Gasteiger partial charge in [0.15, 0.2) is 5.11 Å². The minimum atomic E-state index is 0.0577. The molecule has 2 aliphatic heterocycles. The Morgan fingerprint density at radius 2 is 1.97 bits per heavy atom. The normalized spacial score (nSPS) is 28.1. The van der Waals surface area contributed by atoms with Crippen molar-refractivity contribution < 1.29 is 4.74 Å². The van der Waals surface area contributed by atoms with E-state index >= 15 is 0 Å². The number of hydrogen-bond acceptors (Lipinski definition) is 3. The molecule has 5 nitrogen and oxygen atoms in total. The molecule has 0 aromatic carbocycles. The molecule has 1 aliphatic carbocycles. The smallest absolute Gasteiger partial charge is 0.170 e. The fourth-order valence-electron chi connectivity index (χ4n) is 5.28. The van der Waals surface area contributed by atoms with Crippen LogP contribution in [-0.2, 0) is 4.74 Å². The standard InChI is InChI=1S/C23H30N4OS/c29-23-25-21(19-11-4-5-13-24-19)22(27(23)16-18-10-7-15-28-18)20-12-6-14-26(20)17-8-2-1-3-9-17/h4-6,11-14,17-18,21-22H,1-3,7-10,15-16H2,(H,25,29)/t18-,21-,22+/m0/s1. The third-order valence-electron chi connectivity index (χ3n) is 6.71. The van der Waals surface area contributed by atoms with Crippen molar-refractivity contribution in [2.24, 2.45) is 0 Å². The van der Waals surface area contributed by atoms with Crippen LogP contribution in [0.15, 0.2) is 42.7 Å². The number of hydrogen-bond donors (Lipinski definition) is 1. The maximum absolute atomic E-state index is 5.96. The highest BCUT2D eigenvalue weighted by Gasteiger charge is 2.42. The number of thiocarbonyl (C=S) groups is 1. The van der Waals surface area contributed by atoms with Gasteiger partial charge >= 0.3 is 0 Å². The van der Waals surface area contributed by atoms with Gasteiger partial charge in [-0.05, 0) is 62.2 Å². The predicted molar refractivity (Wildman–Crippen MR) is 118 cm³/mol.